The van der Waals surface area contributed by atoms with Crippen LogP contribution in [0.25, 0.3) is 10.9 Å². The number of methoxy groups -OCH3 is 1. The standard InChI is InChI=1S/C11H13NO/c1-3-8-6-10-9(4-5-12-10)11(7-8)13-2/h4-7,12H,3H2,1-2H3. The first-order chi connectivity index (χ1) is 6.35. The van der Waals surface area contributed by atoms with Crippen molar-refractivity contribution in [2.45, 2.75) is 13.3 Å². The molecule has 0 radical (unpaired) electrons. The van der Waals surface area contributed by atoms with Gasteiger partial charge in [0.15, 0.2) is 0 Å². The van der Waals surface area contributed by atoms with Crippen molar-refractivity contribution in [1.29, 1.82) is 0 Å². The Bertz CT molecular complexity index is 417. The molecule has 0 spiro atoms. The Labute approximate surface area is 77.5 Å². The van der Waals surface area contributed by atoms with Gasteiger partial charge >= 0.3 is 0 Å². The lowest BCUT2D eigenvalue weighted by Gasteiger charge is -2.04. The molecule has 1 N–H and O–H groups in total. The highest BCUT2D eigenvalue weighted by atomic mass is 16.5. The Kier molecular flexibility index (Phi) is 1.97. The lowest BCUT2D eigenvalue weighted by molar-refractivity contribution is 0.419. The summed E-state index contributed by atoms with van der Waals surface area (Å²) in [5.41, 5.74) is 2.45. The van der Waals surface area contributed by atoms with Gasteiger partial charge < -0.3 is 9.72 Å². The fourth-order valence-corrected chi connectivity index (χ4v) is 1.56. The van der Waals surface area contributed by atoms with E-state index in [9.17, 15) is 0 Å². The van der Waals surface area contributed by atoms with Crippen LogP contribution in [-0.4, -0.2) is 12.1 Å². The lowest BCUT2D eigenvalue weighted by Crippen LogP contribution is -1.87. The van der Waals surface area contributed by atoms with E-state index in [1.165, 1.54) is 5.56 Å². The molecule has 68 valence electrons. The third-order valence-corrected chi connectivity index (χ3v) is 2.32. The molecule has 1 aromatic carbocycles. The van der Waals surface area contributed by atoms with Crippen molar-refractivity contribution in [3.8, 4) is 5.75 Å². The van der Waals surface area contributed by atoms with Crippen LogP contribution in [0.5, 0.6) is 5.75 Å². The van der Waals surface area contributed by atoms with Crippen LogP contribution < -0.4 is 4.74 Å². The number of fused-ring (bicyclic) bond motifs is 1. The summed E-state index contributed by atoms with van der Waals surface area (Å²) in [5, 5.41) is 1.15. The van der Waals surface area contributed by atoms with Gasteiger partial charge in [-0.15, -0.1) is 0 Å². The van der Waals surface area contributed by atoms with E-state index in [1.54, 1.807) is 7.11 Å². The average Bonchev–Trinajstić information content (AvgIpc) is 2.63. The van der Waals surface area contributed by atoms with Crippen LogP contribution in [0.2, 0.25) is 0 Å². The minimum absolute atomic E-state index is 0.954. The van der Waals surface area contributed by atoms with Gasteiger partial charge in [-0.2, -0.15) is 0 Å². The largest absolute Gasteiger partial charge is 0.496 e. The Balaban J connectivity index is 2.70. The third kappa shape index (κ3) is 1.28. The molecule has 0 fully saturated rings. The van der Waals surface area contributed by atoms with Crippen LogP contribution in [0.4, 0.5) is 0 Å². The molecule has 0 aliphatic carbocycles. The highest BCUT2D eigenvalue weighted by Crippen LogP contribution is 2.26. The Morgan fingerprint density at radius 3 is 2.92 bits per heavy atom. The van der Waals surface area contributed by atoms with E-state index in [0.717, 1.165) is 23.1 Å². The molecule has 2 aromatic rings. The van der Waals surface area contributed by atoms with E-state index >= 15 is 0 Å². The lowest BCUT2D eigenvalue weighted by atomic mass is 10.1. The second-order valence-corrected chi connectivity index (χ2v) is 3.09. The molecule has 2 rings (SSSR count). The van der Waals surface area contributed by atoms with Crippen LogP contribution in [0.15, 0.2) is 24.4 Å². The molecule has 0 saturated carbocycles. The summed E-state index contributed by atoms with van der Waals surface area (Å²) in [4.78, 5) is 3.19. The topological polar surface area (TPSA) is 25.0 Å². The summed E-state index contributed by atoms with van der Waals surface area (Å²) in [7, 11) is 1.71. The fraction of sp³-hybridized carbons (Fsp3) is 0.273. The summed E-state index contributed by atoms with van der Waals surface area (Å²) in [6.45, 7) is 2.14. The number of hydrogen-bond donors (Lipinski definition) is 1. The van der Waals surface area contributed by atoms with Crippen molar-refractivity contribution < 1.29 is 4.74 Å². The molecule has 0 atom stereocenters. The van der Waals surface area contributed by atoms with E-state index in [2.05, 4.69) is 24.0 Å². The molecule has 2 heteroatoms. The molecule has 13 heavy (non-hydrogen) atoms. The first kappa shape index (κ1) is 8.17. The van der Waals surface area contributed by atoms with Gasteiger partial charge in [0.25, 0.3) is 0 Å². The number of aryl methyl sites for hydroxylation is 1. The molecule has 0 aliphatic rings. The molecule has 0 saturated heterocycles. The summed E-state index contributed by atoms with van der Waals surface area (Å²) in [6, 6.07) is 6.29. The van der Waals surface area contributed by atoms with E-state index < -0.39 is 0 Å². The van der Waals surface area contributed by atoms with Gasteiger partial charge in [-0.05, 0) is 30.2 Å². The van der Waals surface area contributed by atoms with Crippen LogP contribution >= 0.6 is 0 Å². The summed E-state index contributed by atoms with van der Waals surface area (Å²) in [5.74, 6) is 0.954. The molecular weight excluding hydrogens is 162 g/mol. The van der Waals surface area contributed by atoms with Crippen LogP contribution in [0, 0.1) is 0 Å². The normalized spacial score (nSPS) is 10.6. The van der Waals surface area contributed by atoms with Crippen molar-refractivity contribution in [3.63, 3.8) is 0 Å². The molecule has 1 heterocycles. The van der Waals surface area contributed by atoms with Gasteiger partial charge in [-0.25, -0.2) is 0 Å². The minimum Gasteiger partial charge on any atom is -0.496 e. The number of ether oxygens (including phenoxy) is 1. The van der Waals surface area contributed by atoms with Gasteiger partial charge in [0.2, 0.25) is 0 Å². The summed E-state index contributed by atoms with van der Waals surface area (Å²) < 4.78 is 5.31. The zero-order valence-corrected chi connectivity index (χ0v) is 7.92. The first-order valence-electron chi connectivity index (χ1n) is 4.49. The third-order valence-electron chi connectivity index (χ3n) is 2.32. The number of hydrogen-bond acceptors (Lipinski definition) is 1. The summed E-state index contributed by atoms with van der Waals surface area (Å²) >= 11 is 0. The van der Waals surface area contributed by atoms with E-state index in [0.29, 0.717) is 0 Å². The number of nitrogens with one attached hydrogen (secondary N) is 1. The van der Waals surface area contributed by atoms with Crippen molar-refractivity contribution in [2.24, 2.45) is 0 Å². The smallest absolute Gasteiger partial charge is 0.128 e. The molecule has 1 aromatic heterocycles. The van der Waals surface area contributed by atoms with Crippen molar-refractivity contribution in [2.75, 3.05) is 7.11 Å². The van der Waals surface area contributed by atoms with Gasteiger partial charge in [-0.1, -0.05) is 6.92 Å². The first-order valence-corrected chi connectivity index (χ1v) is 4.49. The number of rotatable bonds is 2. The van der Waals surface area contributed by atoms with E-state index in [1.807, 2.05) is 12.3 Å². The van der Waals surface area contributed by atoms with Crippen LogP contribution in [-0.2, 0) is 6.42 Å². The van der Waals surface area contributed by atoms with Crippen molar-refractivity contribution in [1.82, 2.24) is 4.98 Å². The zero-order valence-electron chi connectivity index (χ0n) is 7.92. The number of aromatic amines is 1. The molecule has 0 aliphatic heterocycles. The fourth-order valence-electron chi connectivity index (χ4n) is 1.56. The Hall–Kier alpha value is -1.44. The SMILES string of the molecule is CCc1cc(OC)c2cc[nH]c2c1. The molecular formula is C11H13NO. The summed E-state index contributed by atoms with van der Waals surface area (Å²) in [6.07, 6.45) is 2.97. The maximum atomic E-state index is 5.31. The Morgan fingerprint density at radius 1 is 1.38 bits per heavy atom. The van der Waals surface area contributed by atoms with Gasteiger partial charge in [0.05, 0.1) is 7.11 Å². The predicted octanol–water partition coefficient (Wildman–Crippen LogP) is 2.74. The quantitative estimate of drug-likeness (QED) is 0.745. The van der Waals surface area contributed by atoms with E-state index in [-0.39, 0.29) is 0 Å². The maximum Gasteiger partial charge on any atom is 0.128 e. The minimum atomic E-state index is 0.954. The maximum absolute atomic E-state index is 5.31. The van der Waals surface area contributed by atoms with Gasteiger partial charge in [-0.3, -0.25) is 0 Å². The second-order valence-electron chi connectivity index (χ2n) is 3.09. The van der Waals surface area contributed by atoms with Crippen LogP contribution in [0.3, 0.4) is 0 Å². The molecule has 2 nitrogen and oxygen atoms in total. The highest BCUT2D eigenvalue weighted by molar-refractivity contribution is 5.86. The van der Waals surface area contributed by atoms with Crippen molar-refractivity contribution >= 4 is 10.9 Å². The molecule has 0 amide bonds. The number of H-pyrrole nitrogens is 1. The molecule has 0 bridgehead atoms. The second kappa shape index (κ2) is 3.13. The monoisotopic (exact) mass is 175 g/mol. The van der Waals surface area contributed by atoms with Crippen LogP contribution in [0.1, 0.15) is 12.5 Å². The number of benzene rings is 1. The highest BCUT2D eigenvalue weighted by Gasteiger charge is 2.03. The Morgan fingerprint density at radius 2 is 2.23 bits per heavy atom. The average molecular weight is 175 g/mol. The van der Waals surface area contributed by atoms with Gasteiger partial charge in [0, 0.05) is 17.1 Å². The van der Waals surface area contributed by atoms with E-state index in [4.69, 9.17) is 4.74 Å². The zero-order chi connectivity index (χ0) is 9.26. The van der Waals surface area contributed by atoms with Crippen molar-refractivity contribution in [3.05, 3.63) is 30.0 Å². The molecule has 0 unspecified atom stereocenters. The predicted molar refractivity (Wildman–Crippen MR) is 54.2 cm³/mol. The number of aromatic nitrogens is 1. The van der Waals surface area contributed by atoms with Gasteiger partial charge in [0.1, 0.15) is 5.75 Å².